The van der Waals surface area contributed by atoms with Crippen molar-refractivity contribution < 1.29 is 19.1 Å². The van der Waals surface area contributed by atoms with E-state index >= 15 is 0 Å². The highest BCUT2D eigenvalue weighted by atomic mass is 35.5. The number of ether oxygens (including phenoxy) is 2. The summed E-state index contributed by atoms with van der Waals surface area (Å²) >= 11 is 12.7. The van der Waals surface area contributed by atoms with Crippen LogP contribution in [0.15, 0.2) is 108 Å². The molecule has 0 atom stereocenters. The lowest BCUT2D eigenvalue weighted by molar-refractivity contribution is 0.0729. The Morgan fingerprint density at radius 1 is 0.814 bits per heavy atom. The smallest absolute Gasteiger partial charge is 0.345 e. The molecule has 0 radical (unpaired) electrons. The van der Waals surface area contributed by atoms with Gasteiger partial charge in [0.2, 0.25) is 0 Å². The van der Waals surface area contributed by atoms with Gasteiger partial charge in [0.1, 0.15) is 5.69 Å². The number of hydrogen-bond acceptors (Lipinski definition) is 5. The molecule has 7 nitrogen and oxygen atoms in total. The van der Waals surface area contributed by atoms with Crippen molar-refractivity contribution in [3.05, 3.63) is 130 Å². The normalized spacial score (nSPS) is 11.2. The summed E-state index contributed by atoms with van der Waals surface area (Å²) in [5, 5.41) is 7.88. The van der Waals surface area contributed by atoms with Crippen LogP contribution in [0.3, 0.4) is 0 Å². The summed E-state index contributed by atoms with van der Waals surface area (Å²) in [7, 11) is 1.46. The number of methoxy groups -OCH3 is 1. The number of fused-ring (bicyclic) bond motifs is 3. The zero-order valence-electron chi connectivity index (χ0n) is 22.7. The first-order chi connectivity index (χ1) is 20.9. The summed E-state index contributed by atoms with van der Waals surface area (Å²) in [4.78, 5) is 29.4. The van der Waals surface area contributed by atoms with Gasteiger partial charge in [-0.1, -0.05) is 89.9 Å². The summed E-state index contributed by atoms with van der Waals surface area (Å²) in [6.45, 7) is 0. The molecule has 0 fully saturated rings. The summed E-state index contributed by atoms with van der Waals surface area (Å²) in [5.41, 5.74) is 6.02. The van der Waals surface area contributed by atoms with E-state index in [2.05, 4.69) is 15.5 Å². The van der Waals surface area contributed by atoms with Gasteiger partial charge in [0.25, 0.3) is 5.91 Å². The number of rotatable bonds is 7. The van der Waals surface area contributed by atoms with Crippen molar-refractivity contribution in [2.45, 2.75) is 0 Å². The number of esters is 1. The molecule has 212 valence electrons. The van der Waals surface area contributed by atoms with Crippen LogP contribution in [0.5, 0.6) is 11.5 Å². The van der Waals surface area contributed by atoms with E-state index in [0.29, 0.717) is 27.6 Å². The molecule has 1 heterocycles. The first-order valence-electron chi connectivity index (χ1n) is 13.2. The Morgan fingerprint density at radius 3 is 2.35 bits per heavy atom. The number of aromatic amines is 1. The molecule has 0 aliphatic carbocycles. The molecule has 0 aliphatic rings. The van der Waals surface area contributed by atoms with E-state index < -0.39 is 11.9 Å². The minimum Gasteiger partial charge on any atom is -0.493 e. The second-order valence-electron chi connectivity index (χ2n) is 9.54. The van der Waals surface area contributed by atoms with Crippen molar-refractivity contribution in [3.63, 3.8) is 0 Å². The van der Waals surface area contributed by atoms with Gasteiger partial charge in [-0.15, -0.1) is 0 Å². The van der Waals surface area contributed by atoms with Crippen LogP contribution < -0.4 is 14.9 Å². The highest BCUT2D eigenvalue weighted by molar-refractivity contribution is 6.34. The number of nitrogens with one attached hydrogen (secondary N) is 2. The summed E-state index contributed by atoms with van der Waals surface area (Å²) in [5.74, 6) is -0.538. The number of hydrazone groups is 1. The van der Waals surface area contributed by atoms with Gasteiger partial charge in [0, 0.05) is 26.9 Å². The SMILES string of the molecule is COc1cc(C=NNC(=O)c2[nH]c3c(ccc4ccccc43)c2-c2ccccc2Cl)ccc1OC(=O)c1ccccc1Cl. The van der Waals surface area contributed by atoms with E-state index in [0.717, 1.165) is 27.2 Å². The van der Waals surface area contributed by atoms with Crippen molar-refractivity contribution in [1.82, 2.24) is 10.4 Å². The molecular formula is C34H23Cl2N3O4. The molecule has 0 bridgehead atoms. The molecular weight excluding hydrogens is 585 g/mol. The standard InChI is InChI=1S/C34H23Cl2N3O4/c1-42-29-18-20(14-17-28(29)43-34(41)24-11-5-7-13-27(24)36)19-37-39-33(40)32-30(23-10-4-6-12-26(23)35)25-16-15-21-8-2-3-9-22(21)31(25)38-32/h2-19,38H,1H3,(H,39,40). The summed E-state index contributed by atoms with van der Waals surface area (Å²) in [6, 6.07) is 30.9. The van der Waals surface area contributed by atoms with Gasteiger partial charge in [-0.2, -0.15) is 5.10 Å². The molecule has 0 aliphatic heterocycles. The van der Waals surface area contributed by atoms with E-state index in [4.69, 9.17) is 32.7 Å². The predicted molar refractivity (Wildman–Crippen MR) is 171 cm³/mol. The van der Waals surface area contributed by atoms with Gasteiger partial charge < -0.3 is 14.5 Å². The predicted octanol–water partition coefficient (Wildman–Crippen LogP) is 8.29. The highest BCUT2D eigenvalue weighted by Crippen LogP contribution is 2.39. The molecule has 6 aromatic rings. The number of benzene rings is 5. The third-order valence-corrected chi connectivity index (χ3v) is 7.59. The lowest BCUT2D eigenvalue weighted by atomic mass is 9.99. The third-order valence-electron chi connectivity index (χ3n) is 6.93. The zero-order valence-corrected chi connectivity index (χ0v) is 24.2. The van der Waals surface area contributed by atoms with Gasteiger partial charge in [-0.25, -0.2) is 10.2 Å². The van der Waals surface area contributed by atoms with Crippen LogP contribution in [0.4, 0.5) is 0 Å². The molecule has 43 heavy (non-hydrogen) atoms. The van der Waals surface area contributed by atoms with Crippen LogP contribution in [-0.4, -0.2) is 30.2 Å². The summed E-state index contributed by atoms with van der Waals surface area (Å²) < 4.78 is 10.9. The number of amides is 1. The van der Waals surface area contributed by atoms with E-state index in [1.165, 1.54) is 13.3 Å². The summed E-state index contributed by atoms with van der Waals surface area (Å²) in [6.07, 6.45) is 1.47. The topological polar surface area (TPSA) is 92.8 Å². The number of carbonyl (C=O) groups excluding carboxylic acids is 2. The highest BCUT2D eigenvalue weighted by Gasteiger charge is 2.22. The molecule has 1 amide bonds. The monoisotopic (exact) mass is 607 g/mol. The van der Waals surface area contributed by atoms with Crippen molar-refractivity contribution in [3.8, 4) is 22.6 Å². The van der Waals surface area contributed by atoms with Crippen LogP contribution in [0.2, 0.25) is 10.0 Å². The van der Waals surface area contributed by atoms with Crippen molar-refractivity contribution in [1.29, 1.82) is 0 Å². The number of H-pyrrole nitrogens is 1. The zero-order chi connectivity index (χ0) is 29.9. The molecule has 9 heteroatoms. The number of hydrogen-bond donors (Lipinski definition) is 2. The Balaban J connectivity index is 1.28. The Bertz CT molecular complexity index is 2050. The average Bonchev–Trinajstić information content (AvgIpc) is 3.42. The lowest BCUT2D eigenvalue weighted by Gasteiger charge is -2.10. The number of halogens is 2. The van der Waals surface area contributed by atoms with Crippen LogP contribution in [0.25, 0.3) is 32.8 Å². The van der Waals surface area contributed by atoms with Gasteiger partial charge in [0.15, 0.2) is 11.5 Å². The minimum atomic E-state index is -0.613. The van der Waals surface area contributed by atoms with Crippen LogP contribution >= 0.6 is 23.2 Å². The second-order valence-corrected chi connectivity index (χ2v) is 10.4. The molecule has 0 saturated carbocycles. The number of aromatic nitrogens is 1. The van der Waals surface area contributed by atoms with Gasteiger partial charge >= 0.3 is 5.97 Å². The van der Waals surface area contributed by atoms with Gasteiger partial charge in [0.05, 0.1) is 29.4 Å². The largest absolute Gasteiger partial charge is 0.493 e. The van der Waals surface area contributed by atoms with Crippen molar-refractivity contribution in [2.75, 3.05) is 7.11 Å². The van der Waals surface area contributed by atoms with Crippen molar-refractivity contribution >= 4 is 63.0 Å². The van der Waals surface area contributed by atoms with Crippen molar-refractivity contribution in [2.24, 2.45) is 5.10 Å². The maximum Gasteiger partial charge on any atom is 0.345 e. The van der Waals surface area contributed by atoms with E-state index in [1.807, 2.05) is 54.6 Å². The van der Waals surface area contributed by atoms with E-state index in [9.17, 15) is 9.59 Å². The Morgan fingerprint density at radius 2 is 1.56 bits per heavy atom. The van der Waals surface area contributed by atoms with Gasteiger partial charge in [-0.05, 0) is 47.3 Å². The minimum absolute atomic E-state index is 0.211. The maximum atomic E-state index is 13.5. The lowest BCUT2D eigenvalue weighted by Crippen LogP contribution is -2.19. The first-order valence-corrected chi connectivity index (χ1v) is 14.0. The quantitative estimate of drug-likeness (QED) is 0.0826. The third kappa shape index (κ3) is 5.56. The first kappa shape index (κ1) is 28.0. The molecule has 6 rings (SSSR count). The molecule has 1 aromatic heterocycles. The molecule has 0 unspecified atom stereocenters. The number of nitrogens with zero attached hydrogens (tertiary/aromatic N) is 1. The Kier molecular flexibility index (Phi) is 7.83. The fourth-order valence-electron chi connectivity index (χ4n) is 4.90. The van der Waals surface area contributed by atoms with Crippen LogP contribution in [0.1, 0.15) is 26.4 Å². The average molecular weight is 608 g/mol. The van der Waals surface area contributed by atoms with Crippen LogP contribution in [-0.2, 0) is 0 Å². The van der Waals surface area contributed by atoms with E-state index in [-0.39, 0.29) is 16.3 Å². The second kappa shape index (κ2) is 12.0. The van der Waals surface area contributed by atoms with Crippen LogP contribution in [0, 0.1) is 0 Å². The molecule has 5 aromatic carbocycles. The molecule has 2 N–H and O–H groups in total. The number of carbonyl (C=O) groups is 2. The fraction of sp³-hybridized carbons (Fsp3) is 0.0294. The fourth-order valence-corrected chi connectivity index (χ4v) is 5.35. The Labute approximate surface area is 256 Å². The molecule has 0 spiro atoms. The molecule has 0 saturated heterocycles. The van der Waals surface area contributed by atoms with Gasteiger partial charge in [-0.3, -0.25) is 4.79 Å². The maximum absolute atomic E-state index is 13.5. The van der Waals surface area contributed by atoms with E-state index in [1.54, 1.807) is 48.5 Å². The Hall–Kier alpha value is -5.11.